The van der Waals surface area contributed by atoms with E-state index in [1.54, 1.807) is 0 Å². The van der Waals surface area contributed by atoms with Crippen molar-refractivity contribution in [1.82, 2.24) is 0 Å². The van der Waals surface area contributed by atoms with Crippen molar-refractivity contribution in [3.8, 4) is 0 Å². The lowest BCUT2D eigenvalue weighted by Gasteiger charge is -2.28. The number of unbranched alkanes of at least 4 members (excludes halogenated alkanes) is 44. The molecule has 0 aliphatic heterocycles. The van der Waals surface area contributed by atoms with E-state index in [0.717, 1.165) is 77.0 Å². The summed E-state index contributed by atoms with van der Waals surface area (Å²) in [6.45, 7) is 4.16. The predicted octanol–water partition coefficient (Wildman–Crippen LogP) is 26.0. The lowest BCUT2D eigenvalue weighted by molar-refractivity contribution is -0.870. The molecular formula is C84H152NO8P. The third kappa shape index (κ3) is 77.9. The Hall–Kier alpha value is -3.07. The zero-order valence-corrected chi connectivity index (χ0v) is 63.3. The van der Waals surface area contributed by atoms with E-state index in [1.807, 2.05) is 21.1 Å². The van der Waals surface area contributed by atoms with E-state index < -0.39 is 26.5 Å². The molecule has 10 heteroatoms. The third-order valence-corrected chi connectivity index (χ3v) is 18.6. The van der Waals surface area contributed by atoms with E-state index in [1.165, 1.54) is 263 Å². The maximum atomic E-state index is 12.9. The first-order valence-electron chi connectivity index (χ1n) is 39.9. The SMILES string of the molecule is CC/C=C\C/C=C\C/C=C\C/C=C\C/C=C\CCCCCCCCCCCCCCCCCCCCCCCCCCCC(=O)OC(COC(=O)CCCCCCCCCCCCCCCC/C=C\C/C=C\C/C=C\CCCCCCC)COP(=O)([O-])OCC[N+](C)(C)C. The van der Waals surface area contributed by atoms with E-state index >= 15 is 0 Å². The van der Waals surface area contributed by atoms with Gasteiger partial charge in [0.2, 0.25) is 0 Å². The maximum Gasteiger partial charge on any atom is 0.306 e. The van der Waals surface area contributed by atoms with Gasteiger partial charge < -0.3 is 27.9 Å². The number of nitrogens with zero attached hydrogens (tertiary/aromatic N) is 1. The van der Waals surface area contributed by atoms with Crippen molar-refractivity contribution >= 4 is 19.8 Å². The second-order valence-corrected chi connectivity index (χ2v) is 29.5. The average molecular weight is 1340 g/mol. The van der Waals surface area contributed by atoms with Gasteiger partial charge in [-0.3, -0.25) is 14.2 Å². The first-order valence-corrected chi connectivity index (χ1v) is 41.4. The van der Waals surface area contributed by atoms with Crippen LogP contribution in [-0.4, -0.2) is 70.0 Å². The normalized spacial score (nSPS) is 13.6. The molecule has 0 radical (unpaired) electrons. The van der Waals surface area contributed by atoms with E-state index in [2.05, 4.69) is 111 Å². The Bertz CT molecular complexity index is 1910. The maximum absolute atomic E-state index is 12.9. The van der Waals surface area contributed by atoms with Crippen LogP contribution in [-0.2, 0) is 32.7 Å². The summed E-state index contributed by atoms with van der Waals surface area (Å²) in [5, 5.41) is 0. The Kier molecular flexibility index (Phi) is 71.7. The number of phosphoric acid groups is 1. The van der Waals surface area contributed by atoms with Gasteiger partial charge in [0, 0.05) is 12.8 Å². The second-order valence-electron chi connectivity index (χ2n) is 28.0. The van der Waals surface area contributed by atoms with Crippen LogP contribution in [0.2, 0.25) is 0 Å². The minimum Gasteiger partial charge on any atom is -0.756 e. The molecule has 0 saturated heterocycles. The number of allylic oxidation sites excluding steroid dienone is 16. The molecule has 0 aromatic carbocycles. The molecule has 0 aromatic heterocycles. The summed E-state index contributed by atoms with van der Waals surface area (Å²) in [6.07, 6.45) is 104. The van der Waals surface area contributed by atoms with Crippen LogP contribution in [0.1, 0.15) is 373 Å². The molecule has 9 nitrogen and oxygen atoms in total. The van der Waals surface area contributed by atoms with Gasteiger partial charge in [-0.15, -0.1) is 0 Å². The van der Waals surface area contributed by atoms with Gasteiger partial charge in [-0.1, -0.05) is 361 Å². The topological polar surface area (TPSA) is 111 Å². The molecule has 0 rings (SSSR count). The monoisotopic (exact) mass is 1330 g/mol. The van der Waals surface area contributed by atoms with Gasteiger partial charge in [0.15, 0.2) is 6.10 Å². The van der Waals surface area contributed by atoms with Crippen molar-refractivity contribution in [2.45, 2.75) is 380 Å². The van der Waals surface area contributed by atoms with Crippen LogP contribution in [0.4, 0.5) is 0 Å². The van der Waals surface area contributed by atoms with Gasteiger partial charge in [0.05, 0.1) is 27.7 Å². The second kappa shape index (κ2) is 74.2. The fourth-order valence-corrected chi connectivity index (χ4v) is 12.2. The molecule has 0 N–H and O–H groups in total. The molecule has 0 saturated carbocycles. The number of carbonyl (C=O) groups excluding carboxylic acids is 2. The van der Waals surface area contributed by atoms with Crippen LogP contribution in [0.15, 0.2) is 97.2 Å². The van der Waals surface area contributed by atoms with Crippen LogP contribution in [0.25, 0.3) is 0 Å². The largest absolute Gasteiger partial charge is 0.756 e. The number of esters is 2. The van der Waals surface area contributed by atoms with Crippen molar-refractivity contribution in [1.29, 1.82) is 0 Å². The highest BCUT2D eigenvalue weighted by Crippen LogP contribution is 2.38. The lowest BCUT2D eigenvalue weighted by atomic mass is 10.0. The van der Waals surface area contributed by atoms with Crippen LogP contribution < -0.4 is 4.89 Å². The summed E-state index contributed by atoms with van der Waals surface area (Å²) in [7, 11) is 1.18. The lowest BCUT2D eigenvalue weighted by Crippen LogP contribution is -2.37. The highest BCUT2D eigenvalue weighted by atomic mass is 31.2. The predicted molar refractivity (Wildman–Crippen MR) is 406 cm³/mol. The summed E-state index contributed by atoms with van der Waals surface area (Å²) in [5.74, 6) is -0.818. The summed E-state index contributed by atoms with van der Waals surface area (Å²) in [4.78, 5) is 38.2. The average Bonchev–Trinajstić information content (AvgIpc) is 1.57. The number of phosphoric ester groups is 1. The molecule has 0 fully saturated rings. The minimum atomic E-state index is -4.65. The van der Waals surface area contributed by atoms with E-state index in [9.17, 15) is 19.0 Å². The van der Waals surface area contributed by atoms with Crippen molar-refractivity contribution in [3.05, 3.63) is 97.2 Å². The summed E-state index contributed by atoms with van der Waals surface area (Å²) >= 11 is 0. The zero-order chi connectivity index (χ0) is 68.3. The molecule has 0 spiro atoms. The molecule has 0 aliphatic carbocycles. The first kappa shape index (κ1) is 90.9. The molecule has 0 amide bonds. The highest BCUT2D eigenvalue weighted by molar-refractivity contribution is 7.45. The van der Waals surface area contributed by atoms with Crippen LogP contribution in [0.3, 0.4) is 0 Å². The Morgan fingerprint density at radius 2 is 0.606 bits per heavy atom. The summed E-state index contributed by atoms with van der Waals surface area (Å²) < 4.78 is 34.4. The zero-order valence-electron chi connectivity index (χ0n) is 62.4. The molecule has 2 atom stereocenters. The number of hydrogen-bond acceptors (Lipinski definition) is 8. The van der Waals surface area contributed by atoms with E-state index in [0.29, 0.717) is 17.4 Å². The standard InChI is InChI=1S/C84H152NO8P/c1-6-8-10-12-14-16-18-20-22-24-26-28-30-32-34-36-37-38-39-40-41-42-43-44-45-46-47-49-51-53-55-57-59-61-63-65-67-69-71-73-75-77-84(87)93-82(81-92-94(88,89)91-79-78-85(3,4)5)80-90-83(86)76-74-72-70-68-66-64-62-60-58-56-54-52-50-48-35-33-31-29-27-25-23-21-19-17-15-13-11-9-7-2/h8,10,14,16,19-22,25-28,31-34,82H,6-7,9,11-13,15,17-18,23-24,29-30,35-81H2,1-5H3/b10-8-,16-14-,21-19-,22-20-,27-25-,28-26-,33-31-,34-32-. The number of likely N-dealkylation sites (N-methyl/N-ethyl adjacent to an activating group) is 1. The van der Waals surface area contributed by atoms with Crippen molar-refractivity contribution in [3.63, 3.8) is 0 Å². The van der Waals surface area contributed by atoms with Gasteiger partial charge in [0.1, 0.15) is 19.8 Å². The molecule has 546 valence electrons. The van der Waals surface area contributed by atoms with Crippen molar-refractivity contribution in [2.75, 3.05) is 47.5 Å². The molecule has 94 heavy (non-hydrogen) atoms. The van der Waals surface area contributed by atoms with Crippen molar-refractivity contribution in [2.24, 2.45) is 0 Å². The van der Waals surface area contributed by atoms with Gasteiger partial charge in [-0.2, -0.15) is 0 Å². The number of ether oxygens (including phenoxy) is 2. The number of carbonyl (C=O) groups is 2. The van der Waals surface area contributed by atoms with Crippen LogP contribution in [0, 0.1) is 0 Å². The fourth-order valence-electron chi connectivity index (χ4n) is 11.5. The van der Waals surface area contributed by atoms with Crippen LogP contribution >= 0.6 is 7.82 Å². The quantitative estimate of drug-likeness (QED) is 0.0195. The highest BCUT2D eigenvalue weighted by Gasteiger charge is 2.22. The van der Waals surface area contributed by atoms with E-state index in [-0.39, 0.29) is 32.0 Å². The summed E-state index contributed by atoms with van der Waals surface area (Å²) in [6, 6.07) is 0. The number of hydrogen-bond donors (Lipinski definition) is 0. The Morgan fingerprint density at radius 3 is 0.904 bits per heavy atom. The van der Waals surface area contributed by atoms with Crippen LogP contribution in [0.5, 0.6) is 0 Å². The molecule has 0 bridgehead atoms. The Labute approximate surface area is 583 Å². The fraction of sp³-hybridized carbons (Fsp3) is 0.786. The van der Waals surface area contributed by atoms with Crippen molar-refractivity contribution < 1.29 is 42.1 Å². The molecular weight excluding hydrogens is 1180 g/mol. The molecule has 2 unspecified atom stereocenters. The number of rotatable bonds is 74. The molecule has 0 aromatic rings. The van der Waals surface area contributed by atoms with Gasteiger partial charge >= 0.3 is 11.9 Å². The molecule has 0 heterocycles. The number of quaternary nitrogens is 1. The van der Waals surface area contributed by atoms with E-state index in [4.69, 9.17) is 18.5 Å². The molecule has 0 aliphatic rings. The third-order valence-electron chi connectivity index (χ3n) is 17.6. The Balaban J connectivity index is 3.92. The first-order chi connectivity index (χ1) is 46.0. The van der Waals surface area contributed by atoms with Gasteiger partial charge in [-0.25, -0.2) is 0 Å². The summed E-state index contributed by atoms with van der Waals surface area (Å²) in [5.41, 5.74) is 0. The van der Waals surface area contributed by atoms with Gasteiger partial charge in [-0.05, 0) is 96.3 Å². The Morgan fingerprint density at radius 1 is 0.340 bits per heavy atom. The van der Waals surface area contributed by atoms with Gasteiger partial charge in [0.25, 0.3) is 7.82 Å². The smallest absolute Gasteiger partial charge is 0.306 e. The minimum absolute atomic E-state index is 0.0310.